The van der Waals surface area contributed by atoms with Crippen LogP contribution in [0.3, 0.4) is 0 Å². The lowest BCUT2D eigenvalue weighted by molar-refractivity contribution is 0.606. The van der Waals surface area contributed by atoms with Gasteiger partial charge in [-0.1, -0.05) is 23.2 Å². The second kappa shape index (κ2) is 7.51. The van der Waals surface area contributed by atoms with Crippen LogP contribution in [0.2, 0.25) is 10.0 Å². The molecule has 6 rings (SSSR count). The molecule has 1 aromatic carbocycles. The number of rotatable bonds is 5. The third-order valence-corrected chi connectivity index (χ3v) is 6.82. The Bertz CT molecular complexity index is 1530. The number of thiazole rings is 1. The van der Waals surface area contributed by atoms with Crippen molar-refractivity contribution in [1.29, 1.82) is 0 Å². The predicted octanol–water partition coefficient (Wildman–Crippen LogP) is 4.38. The van der Waals surface area contributed by atoms with Crippen molar-refractivity contribution in [2.24, 2.45) is 5.92 Å². The molecule has 0 saturated heterocycles. The Morgan fingerprint density at radius 3 is 2.75 bits per heavy atom. The lowest BCUT2D eigenvalue weighted by Crippen LogP contribution is -2.30. The highest BCUT2D eigenvalue weighted by Crippen LogP contribution is 2.43. The van der Waals surface area contributed by atoms with Crippen LogP contribution < -0.4 is 10.9 Å². The van der Waals surface area contributed by atoms with E-state index in [1.807, 2.05) is 0 Å². The third kappa shape index (κ3) is 3.14. The van der Waals surface area contributed by atoms with Crippen molar-refractivity contribution in [3.8, 4) is 5.82 Å². The van der Waals surface area contributed by atoms with Crippen molar-refractivity contribution >= 4 is 61.6 Å². The van der Waals surface area contributed by atoms with Crippen LogP contribution in [0.4, 0.5) is 5.82 Å². The molecule has 4 aromatic heterocycles. The molecule has 0 radical (unpaired) electrons. The minimum Gasteiger partial charge on any atom is -0.358 e. The fourth-order valence-electron chi connectivity index (χ4n) is 3.81. The van der Waals surface area contributed by atoms with Gasteiger partial charge in [0.05, 0.1) is 32.5 Å². The van der Waals surface area contributed by atoms with Gasteiger partial charge in [-0.25, -0.2) is 24.5 Å². The van der Waals surface area contributed by atoms with Crippen LogP contribution in [-0.4, -0.2) is 34.7 Å². The highest BCUT2D eigenvalue weighted by molar-refractivity contribution is 7.16. The van der Waals surface area contributed by atoms with Gasteiger partial charge in [0.1, 0.15) is 22.5 Å². The van der Waals surface area contributed by atoms with Crippen LogP contribution in [0, 0.1) is 5.92 Å². The number of aromatic nitrogens is 7. The van der Waals surface area contributed by atoms with Gasteiger partial charge in [0.15, 0.2) is 11.6 Å². The predicted molar refractivity (Wildman–Crippen MR) is 124 cm³/mol. The smallest absolute Gasteiger partial charge is 0.268 e. The van der Waals surface area contributed by atoms with Gasteiger partial charge in [-0.3, -0.25) is 9.89 Å². The summed E-state index contributed by atoms with van der Waals surface area (Å²) in [5.74, 6) is 1.76. The van der Waals surface area contributed by atoms with Gasteiger partial charge in [-0.05, 0) is 30.9 Å². The molecule has 2 N–H and O–H groups in total. The summed E-state index contributed by atoms with van der Waals surface area (Å²) in [6.45, 7) is 0. The molecule has 1 atom stereocenters. The van der Waals surface area contributed by atoms with Gasteiger partial charge in [0.2, 0.25) is 0 Å². The number of fused-ring (bicyclic) bond motifs is 2. The zero-order valence-electron chi connectivity index (χ0n) is 16.3. The SMILES string of the molecule is O=c1c2c(Cl)ccc(Cl)c2nc([C@@H](Nc2ncnc3scnc23)C2CC2)n1-c1cc[nH]n1. The minimum atomic E-state index is -0.335. The average Bonchev–Trinajstić information content (AvgIpc) is 3.27. The van der Waals surface area contributed by atoms with Crippen molar-refractivity contribution in [2.75, 3.05) is 5.32 Å². The summed E-state index contributed by atoms with van der Waals surface area (Å²) < 4.78 is 1.48. The molecule has 1 aliphatic carbocycles. The van der Waals surface area contributed by atoms with Gasteiger partial charge in [0.25, 0.3) is 5.56 Å². The molecule has 4 heterocycles. The first kappa shape index (κ1) is 19.6. The fourth-order valence-corrected chi connectivity index (χ4v) is 4.87. The number of benzene rings is 1. The molecule has 32 heavy (non-hydrogen) atoms. The number of halogens is 2. The summed E-state index contributed by atoms with van der Waals surface area (Å²) in [6.07, 6.45) is 5.12. The first-order valence-electron chi connectivity index (χ1n) is 9.83. The molecule has 0 spiro atoms. The van der Waals surface area contributed by atoms with E-state index in [2.05, 4.69) is 30.5 Å². The number of nitrogens with one attached hydrogen (secondary N) is 2. The number of hydrogen-bond acceptors (Lipinski definition) is 8. The summed E-state index contributed by atoms with van der Waals surface area (Å²) in [7, 11) is 0. The second-order valence-electron chi connectivity index (χ2n) is 7.48. The molecule has 5 aromatic rings. The van der Waals surface area contributed by atoms with Gasteiger partial charge < -0.3 is 5.32 Å². The Morgan fingerprint density at radius 1 is 1.12 bits per heavy atom. The highest BCUT2D eigenvalue weighted by Gasteiger charge is 2.37. The molecule has 0 aliphatic heterocycles. The topological polar surface area (TPSA) is 114 Å². The van der Waals surface area contributed by atoms with Gasteiger partial charge in [-0.15, -0.1) is 11.3 Å². The quantitative estimate of drug-likeness (QED) is 0.380. The number of H-pyrrole nitrogens is 1. The maximum absolute atomic E-state index is 13.7. The van der Waals surface area contributed by atoms with Crippen molar-refractivity contribution in [3.05, 3.63) is 62.5 Å². The zero-order chi connectivity index (χ0) is 21.8. The van der Waals surface area contributed by atoms with Crippen molar-refractivity contribution in [1.82, 2.24) is 34.7 Å². The normalized spacial score (nSPS) is 14.8. The van der Waals surface area contributed by atoms with E-state index in [1.165, 1.54) is 22.2 Å². The van der Waals surface area contributed by atoms with Crippen molar-refractivity contribution in [2.45, 2.75) is 18.9 Å². The van der Waals surface area contributed by atoms with Crippen LogP contribution in [-0.2, 0) is 0 Å². The summed E-state index contributed by atoms with van der Waals surface area (Å²) in [6, 6.07) is 4.63. The van der Waals surface area contributed by atoms with Gasteiger partial charge in [-0.2, -0.15) is 5.10 Å². The summed E-state index contributed by atoms with van der Waals surface area (Å²) >= 11 is 14.2. The highest BCUT2D eigenvalue weighted by atomic mass is 35.5. The first-order valence-corrected chi connectivity index (χ1v) is 11.5. The van der Waals surface area contributed by atoms with Crippen LogP contribution in [0.15, 0.2) is 41.0 Å². The molecule has 0 unspecified atom stereocenters. The number of aromatic amines is 1. The lowest BCUT2D eigenvalue weighted by Gasteiger charge is -2.22. The maximum Gasteiger partial charge on any atom is 0.268 e. The average molecular weight is 485 g/mol. The summed E-state index contributed by atoms with van der Waals surface area (Å²) in [5, 5.41) is 11.4. The molecule has 1 saturated carbocycles. The maximum atomic E-state index is 13.7. The van der Waals surface area contributed by atoms with Gasteiger partial charge >= 0.3 is 0 Å². The van der Waals surface area contributed by atoms with E-state index in [1.54, 1.807) is 29.9 Å². The van der Waals surface area contributed by atoms with E-state index in [0.29, 0.717) is 33.5 Å². The van der Waals surface area contributed by atoms with Crippen LogP contribution in [0.5, 0.6) is 0 Å². The van der Waals surface area contributed by atoms with E-state index in [0.717, 1.165) is 17.7 Å². The van der Waals surface area contributed by atoms with Crippen molar-refractivity contribution < 1.29 is 0 Å². The van der Waals surface area contributed by atoms with Crippen molar-refractivity contribution in [3.63, 3.8) is 0 Å². The minimum absolute atomic E-state index is 0.254. The Hall–Kier alpha value is -3.08. The van der Waals surface area contributed by atoms with Crippen LogP contribution >= 0.6 is 34.5 Å². The molecular formula is C20H14Cl2N8OS. The molecule has 12 heteroatoms. The molecule has 0 amide bonds. The Balaban J connectivity index is 1.61. The number of nitrogens with zero attached hydrogens (tertiary/aromatic N) is 6. The second-order valence-corrected chi connectivity index (χ2v) is 9.13. The van der Waals surface area contributed by atoms with E-state index in [4.69, 9.17) is 28.2 Å². The fraction of sp³-hybridized carbons (Fsp3) is 0.200. The van der Waals surface area contributed by atoms with Crippen LogP contribution in [0.25, 0.3) is 27.1 Å². The monoisotopic (exact) mass is 484 g/mol. The molecule has 160 valence electrons. The Kier molecular flexibility index (Phi) is 4.60. The van der Waals surface area contributed by atoms with Gasteiger partial charge in [0, 0.05) is 12.3 Å². The third-order valence-electron chi connectivity index (χ3n) is 5.46. The molecule has 9 nitrogen and oxygen atoms in total. The molecule has 0 bridgehead atoms. The largest absolute Gasteiger partial charge is 0.358 e. The van der Waals surface area contributed by atoms with E-state index in [9.17, 15) is 4.79 Å². The molecule has 1 fully saturated rings. The number of hydrogen-bond donors (Lipinski definition) is 2. The van der Waals surface area contributed by atoms with Crippen LogP contribution in [0.1, 0.15) is 24.7 Å². The van der Waals surface area contributed by atoms with E-state index >= 15 is 0 Å². The van der Waals surface area contributed by atoms with E-state index < -0.39 is 0 Å². The summed E-state index contributed by atoms with van der Waals surface area (Å²) in [5.41, 5.74) is 2.43. The molecular weight excluding hydrogens is 471 g/mol. The molecule has 1 aliphatic rings. The number of anilines is 1. The lowest BCUT2D eigenvalue weighted by atomic mass is 10.1. The standard InChI is InChI=1S/C20H14Cl2N8OS/c21-10-3-4-11(22)15-13(10)20(31)30(12-5-6-26-29-12)18(28-15)14(9-1-2-9)27-17-16-19(24-7-23-17)32-8-25-16/h3-9,14H,1-2H2,(H,26,29)(H,23,24,27)/t14-/m0/s1. The van der Waals surface area contributed by atoms with E-state index in [-0.39, 0.29) is 27.9 Å². The Labute approximate surface area is 194 Å². The zero-order valence-corrected chi connectivity index (χ0v) is 18.6. The first-order chi connectivity index (χ1) is 15.6. The Morgan fingerprint density at radius 2 is 1.97 bits per heavy atom. The summed E-state index contributed by atoms with van der Waals surface area (Å²) in [4.78, 5) is 32.3.